The van der Waals surface area contributed by atoms with Crippen LogP contribution in [-0.2, 0) is 4.79 Å². The molecule has 3 nitrogen and oxygen atoms in total. The molecule has 1 aromatic rings. The van der Waals surface area contributed by atoms with Crippen molar-refractivity contribution in [1.82, 2.24) is 0 Å². The van der Waals surface area contributed by atoms with Crippen molar-refractivity contribution in [3.8, 4) is 5.75 Å². The van der Waals surface area contributed by atoms with Crippen LogP contribution >= 0.6 is 35.6 Å². The van der Waals surface area contributed by atoms with Crippen molar-refractivity contribution in [3.05, 3.63) is 23.2 Å². The Labute approximate surface area is 108 Å². The number of carbonyl (C=O) groups excluding carboxylic acids is 1. The molecule has 0 aromatic heterocycles. The molecule has 1 heterocycles. The predicted molar refractivity (Wildman–Crippen MR) is 70.5 cm³/mol. The molecule has 1 fully saturated rings. The highest BCUT2D eigenvalue weighted by Gasteiger charge is 2.30. The van der Waals surface area contributed by atoms with Gasteiger partial charge in [-0.05, 0) is 18.2 Å². The van der Waals surface area contributed by atoms with Crippen LogP contribution in [0.3, 0.4) is 0 Å². The Morgan fingerprint density at radius 3 is 2.88 bits per heavy atom. The summed E-state index contributed by atoms with van der Waals surface area (Å²) < 4.78 is 5.72. The number of anilines is 1. The number of rotatable bonds is 2. The van der Waals surface area contributed by atoms with Crippen molar-refractivity contribution in [2.75, 3.05) is 17.8 Å². The number of benzene rings is 1. The number of carbonyl (C=O) groups is 1. The summed E-state index contributed by atoms with van der Waals surface area (Å²) in [5, 5.41) is 0.545. The Morgan fingerprint density at radius 2 is 2.31 bits per heavy atom. The first kappa shape index (κ1) is 11.7. The van der Waals surface area contributed by atoms with E-state index < -0.39 is 0 Å². The van der Waals surface area contributed by atoms with Crippen LogP contribution in [0.2, 0.25) is 5.02 Å². The lowest BCUT2D eigenvalue weighted by Gasteiger charge is -2.18. The number of thiocarbonyl (C=S) groups is 1. The van der Waals surface area contributed by atoms with Crippen LogP contribution in [0.1, 0.15) is 0 Å². The van der Waals surface area contributed by atoms with Crippen molar-refractivity contribution in [2.24, 2.45) is 0 Å². The van der Waals surface area contributed by atoms with Gasteiger partial charge >= 0.3 is 0 Å². The van der Waals surface area contributed by atoms with E-state index in [1.165, 1.54) is 16.7 Å². The second-order valence-electron chi connectivity index (χ2n) is 3.10. The molecule has 0 radical (unpaired) electrons. The van der Waals surface area contributed by atoms with Gasteiger partial charge in [0.05, 0.1) is 18.6 Å². The fourth-order valence-electron chi connectivity index (χ4n) is 1.42. The maximum atomic E-state index is 11.7. The third-order valence-corrected chi connectivity index (χ3v) is 3.72. The van der Waals surface area contributed by atoms with Gasteiger partial charge in [-0.3, -0.25) is 9.69 Å². The van der Waals surface area contributed by atoms with Crippen molar-refractivity contribution >= 4 is 51.5 Å². The lowest BCUT2D eigenvalue weighted by atomic mass is 10.2. The number of methoxy groups -OCH3 is 1. The van der Waals surface area contributed by atoms with Gasteiger partial charge in [0.1, 0.15) is 10.1 Å². The minimum absolute atomic E-state index is 0.0458. The van der Waals surface area contributed by atoms with E-state index in [-0.39, 0.29) is 5.91 Å². The number of amides is 1. The zero-order chi connectivity index (χ0) is 11.7. The highest BCUT2D eigenvalue weighted by molar-refractivity contribution is 8.24. The first-order valence-electron chi connectivity index (χ1n) is 4.46. The SMILES string of the molecule is COc1ccc(Cl)cc1N1C(=O)CSC1=S. The summed E-state index contributed by atoms with van der Waals surface area (Å²) in [5.74, 6) is 0.910. The minimum atomic E-state index is -0.0458. The Hall–Kier alpha value is -0.780. The van der Waals surface area contributed by atoms with E-state index in [1.807, 2.05) is 0 Å². The molecular weight excluding hydrogens is 266 g/mol. The van der Waals surface area contributed by atoms with E-state index >= 15 is 0 Å². The molecule has 6 heteroatoms. The van der Waals surface area contributed by atoms with Crippen LogP contribution in [0.15, 0.2) is 18.2 Å². The van der Waals surface area contributed by atoms with Gasteiger partial charge in [0.15, 0.2) is 0 Å². The minimum Gasteiger partial charge on any atom is -0.495 e. The van der Waals surface area contributed by atoms with E-state index in [0.29, 0.717) is 26.5 Å². The normalized spacial score (nSPS) is 15.8. The number of ether oxygens (including phenoxy) is 1. The molecule has 84 valence electrons. The van der Waals surface area contributed by atoms with Crippen molar-refractivity contribution in [1.29, 1.82) is 0 Å². The maximum absolute atomic E-state index is 11.7. The number of halogens is 1. The van der Waals surface area contributed by atoms with Crippen LogP contribution < -0.4 is 9.64 Å². The van der Waals surface area contributed by atoms with Gasteiger partial charge < -0.3 is 4.74 Å². The second-order valence-corrected chi connectivity index (χ2v) is 5.15. The van der Waals surface area contributed by atoms with Crippen molar-refractivity contribution in [2.45, 2.75) is 0 Å². The zero-order valence-corrected chi connectivity index (χ0v) is 10.8. The smallest absolute Gasteiger partial charge is 0.243 e. The van der Waals surface area contributed by atoms with Crippen molar-refractivity contribution < 1.29 is 9.53 Å². The average molecular weight is 274 g/mol. The first-order chi connectivity index (χ1) is 7.63. The molecule has 0 unspecified atom stereocenters. The molecule has 1 aromatic carbocycles. The Morgan fingerprint density at radius 1 is 1.56 bits per heavy atom. The Balaban J connectivity index is 2.49. The highest BCUT2D eigenvalue weighted by Crippen LogP contribution is 2.35. The number of nitrogens with zero attached hydrogens (tertiary/aromatic N) is 1. The van der Waals surface area contributed by atoms with E-state index in [2.05, 4.69) is 0 Å². The van der Waals surface area contributed by atoms with Gasteiger partial charge in [-0.25, -0.2) is 0 Å². The Kier molecular flexibility index (Phi) is 3.37. The lowest BCUT2D eigenvalue weighted by molar-refractivity contribution is -0.115. The van der Waals surface area contributed by atoms with Gasteiger partial charge in [-0.2, -0.15) is 0 Å². The van der Waals surface area contributed by atoms with E-state index in [1.54, 1.807) is 25.3 Å². The fourth-order valence-corrected chi connectivity index (χ4v) is 2.67. The molecule has 1 amide bonds. The largest absolute Gasteiger partial charge is 0.495 e. The fraction of sp³-hybridized carbons (Fsp3) is 0.200. The Bertz CT molecular complexity index is 448. The van der Waals surface area contributed by atoms with Gasteiger partial charge in [0.2, 0.25) is 5.91 Å². The van der Waals surface area contributed by atoms with Crippen LogP contribution in [-0.4, -0.2) is 23.1 Å². The molecule has 1 saturated heterocycles. The van der Waals surface area contributed by atoms with Crippen LogP contribution in [0.25, 0.3) is 0 Å². The summed E-state index contributed by atoms with van der Waals surface area (Å²) in [6.45, 7) is 0. The molecule has 0 spiro atoms. The standard InChI is InChI=1S/C10H8ClNO2S2/c1-14-8-3-2-6(11)4-7(8)12-9(13)5-16-10(12)15/h2-4H,5H2,1H3. The molecule has 1 aliphatic rings. The summed E-state index contributed by atoms with van der Waals surface area (Å²) in [6.07, 6.45) is 0. The highest BCUT2D eigenvalue weighted by atomic mass is 35.5. The number of hydrogen-bond acceptors (Lipinski definition) is 4. The van der Waals surface area contributed by atoms with Gasteiger partial charge in [0, 0.05) is 5.02 Å². The van der Waals surface area contributed by atoms with Crippen LogP contribution in [0.4, 0.5) is 5.69 Å². The van der Waals surface area contributed by atoms with E-state index in [9.17, 15) is 4.79 Å². The lowest BCUT2D eigenvalue weighted by Crippen LogP contribution is -2.28. The molecule has 0 N–H and O–H groups in total. The maximum Gasteiger partial charge on any atom is 0.243 e. The van der Waals surface area contributed by atoms with Gasteiger partial charge in [-0.15, -0.1) is 0 Å². The van der Waals surface area contributed by atoms with Crippen molar-refractivity contribution in [3.63, 3.8) is 0 Å². The summed E-state index contributed by atoms with van der Waals surface area (Å²) in [6, 6.07) is 5.10. The summed E-state index contributed by atoms with van der Waals surface area (Å²) in [7, 11) is 1.55. The monoisotopic (exact) mass is 273 g/mol. The number of thioether (sulfide) groups is 1. The van der Waals surface area contributed by atoms with Gasteiger partial charge in [0.25, 0.3) is 0 Å². The molecule has 2 rings (SSSR count). The summed E-state index contributed by atoms with van der Waals surface area (Å²) in [5.41, 5.74) is 0.606. The average Bonchev–Trinajstić information content (AvgIpc) is 2.58. The van der Waals surface area contributed by atoms with E-state index in [4.69, 9.17) is 28.6 Å². The predicted octanol–water partition coefficient (Wildman–Crippen LogP) is 2.71. The summed E-state index contributed by atoms with van der Waals surface area (Å²) in [4.78, 5) is 13.1. The molecule has 16 heavy (non-hydrogen) atoms. The topological polar surface area (TPSA) is 29.5 Å². The van der Waals surface area contributed by atoms with Crippen LogP contribution in [0, 0.1) is 0 Å². The molecular formula is C10H8ClNO2S2. The third kappa shape index (κ3) is 2.03. The molecule has 1 aliphatic heterocycles. The first-order valence-corrected chi connectivity index (χ1v) is 6.24. The van der Waals surface area contributed by atoms with E-state index in [0.717, 1.165) is 0 Å². The molecule has 0 atom stereocenters. The number of hydrogen-bond donors (Lipinski definition) is 0. The quantitative estimate of drug-likeness (QED) is 0.775. The molecule has 0 saturated carbocycles. The molecule has 0 bridgehead atoms. The second kappa shape index (κ2) is 4.61. The molecule has 0 aliphatic carbocycles. The van der Waals surface area contributed by atoms with Crippen LogP contribution in [0.5, 0.6) is 5.75 Å². The zero-order valence-electron chi connectivity index (χ0n) is 8.40. The third-order valence-electron chi connectivity index (χ3n) is 2.13. The summed E-state index contributed by atoms with van der Waals surface area (Å²) >= 11 is 12.4. The van der Waals surface area contributed by atoms with Gasteiger partial charge in [-0.1, -0.05) is 35.6 Å².